The molecule has 3 saturated heterocycles. The Balaban J connectivity index is 1.62. The third kappa shape index (κ3) is 3.00. The van der Waals surface area contributed by atoms with Gasteiger partial charge in [0.2, 0.25) is 0 Å². The fourth-order valence-electron chi connectivity index (χ4n) is 4.03. The molecule has 3 atom stereocenters. The second-order valence-electron chi connectivity index (χ2n) is 6.49. The van der Waals surface area contributed by atoms with Crippen LogP contribution in [0.15, 0.2) is 0 Å². The van der Waals surface area contributed by atoms with Crippen LogP contribution in [-0.2, 0) is 14.3 Å². The van der Waals surface area contributed by atoms with Gasteiger partial charge in [-0.1, -0.05) is 0 Å². The maximum Gasteiger partial charge on any atom is 0.320 e. The van der Waals surface area contributed by atoms with E-state index in [0.717, 1.165) is 64.8 Å². The molecule has 1 spiro atoms. The zero-order valence-electron chi connectivity index (χ0n) is 12.0. The van der Waals surface area contributed by atoms with E-state index in [1.165, 1.54) is 0 Å². The van der Waals surface area contributed by atoms with Gasteiger partial charge in [0, 0.05) is 25.9 Å². The van der Waals surface area contributed by atoms with Crippen LogP contribution >= 0.6 is 0 Å². The van der Waals surface area contributed by atoms with Crippen molar-refractivity contribution in [3.63, 3.8) is 0 Å². The van der Waals surface area contributed by atoms with Crippen molar-refractivity contribution in [2.24, 2.45) is 5.92 Å². The number of piperidine rings is 1. The minimum atomic E-state index is -0.706. The number of aliphatic carboxylic acids is 1. The minimum Gasteiger partial charge on any atom is -0.480 e. The summed E-state index contributed by atoms with van der Waals surface area (Å²) in [7, 11) is 0. The fourth-order valence-corrected chi connectivity index (χ4v) is 4.03. The van der Waals surface area contributed by atoms with E-state index in [1.807, 2.05) is 0 Å². The molecule has 114 valence electrons. The van der Waals surface area contributed by atoms with Gasteiger partial charge >= 0.3 is 5.97 Å². The van der Waals surface area contributed by atoms with E-state index >= 15 is 0 Å². The van der Waals surface area contributed by atoms with Gasteiger partial charge in [0.25, 0.3) is 0 Å². The molecular weight excluding hydrogens is 258 g/mol. The lowest BCUT2D eigenvalue weighted by Crippen LogP contribution is -2.54. The first-order chi connectivity index (χ1) is 9.69. The predicted octanol–water partition coefficient (Wildman–Crippen LogP) is 1.56. The van der Waals surface area contributed by atoms with Gasteiger partial charge in [0.05, 0.1) is 5.60 Å². The largest absolute Gasteiger partial charge is 0.480 e. The lowest BCUT2D eigenvalue weighted by Gasteiger charge is -2.46. The summed E-state index contributed by atoms with van der Waals surface area (Å²) in [6, 6.07) is -0.0179. The van der Waals surface area contributed by atoms with Gasteiger partial charge in [-0.25, -0.2) is 0 Å². The van der Waals surface area contributed by atoms with Crippen LogP contribution in [0.2, 0.25) is 0 Å². The monoisotopic (exact) mass is 283 g/mol. The van der Waals surface area contributed by atoms with Crippen molar-refractivity contribution < 1.29 is 19.4 Å². The zero-order chi connectivity index (χ0) is 14.0. The molecule has 0 amide bonds. The molecule has 3 aliphatic heterocycles. The van der Waals surface area contributed by atoms with Crippen molar-refractivity contribution in [3.8, 4) is 0 Å². The molecule has 2 N–H and O–H groups in total. The first-order valence-corrected chi connectivity index (χ1v) is 7.89. The highest BCUT2D eigenvalue weighted by Crippen LogP contribution is 2.39. The topological polar surface area (TPSA) is 67.8 Å². The van der Waals surface area contributed by atoms with Gasteiger partial charge in [-0.15, -0.1) is 0 Å². The Morgan fingerprint density at radius 1 is 1.15 bits per heavy atom. The Kier molecular flexibility index (Phi) is 4.29. The summed E-state index contributed by atoms with van der Waals surface area (Å²) < 4.78 is 11.5. The summed E-state index contributed by atoms with van der Waals surface area (Å²) in [5.74, 6) is -0.161. The van der Waals surface area contributed by atoms with Crippen molar-refractivity contribution in [3.05, 3.63) is 0 Å². The number of carboxylic acids is 1. The summed E-state index contributed by atoms with van der Waals surface area (Å²) in [6.07, 6.45) is 6.95. The third-order valence-corrected chi connectivity index (χ3v) is 5.23. The van der Waals surface area contributed by atoms with E-state index in [-0.39, 0.29) is 11.6 Å². The van der Waals surface area contributed by atoms with Crippen LogP contribution < -0.4 is 5.32 Å². The molecule has 3 fully saturated rings. The molecule has 0 aromatic carbocycles. The Morgan fingerprint density at radius 2 is 1.95 bits per heavy atom. The Morgan fingerprint density at radius 3 is 2.70 bits per heavy atom. The van der Waals surface area contributed by atoms with E-state index in [9.17, 15) is 9.90 Å². The molecule has 5 nitrogen and oxygen atoms in total. The standard InChI is InChI=1S/C15H25NO4/c17-14(18)13-3-1-2-12(16-13)11-4-7-20-15(10-11)5-8-19-9-6-15/h11-13,16H,1-10H2,(H,17,18). The van der Waals surface area contributed by atoms with Gasteiger partial charge < -0.3 is 19.9 Å². The molecule has 20 heavy (non-hydrogen) atoms. The molecule has 0 saturated carbocycles. The molecule has 0 aliphatic carbocycles. The number of carbonyl (C=O) groups is 1. The van der Waals surface area contributed by atoms with E-state index in [1.54, 1.807) is 0 Å². The Bertz CT molecular complexity index is 348. The number of ether oxygens (including phenoxy) is 2. The SMILES string of the molecule is O=C(O)C1CCCC(C2CCOC3(CCOCC3)C2)N1. The van der Waals surface area contributed by atoms with Crippen LogP contribution in [0.5, 0.6) is 0 Å². The first kappa shape index (κ1) is 14.3. The zero-order valence-corrected chi connectivity index (χ0v) is 12.0. The summed E-state index contributed by atoms with van der Waals surface area (Å²) in [5, 5.41) is 12.6. The molecule has 3 heterocycles. The van der Waals surface area contributed by atoms with Crippen LogP contribution in [0.4, 0.5) is 0 Å². The number of hydrogen-bond acceptors (Lipinski definition) is 4. The maximum atomic E-state index is 11.2. The van der Waals surface area contributed by atoms with Gasteiger partial charge in [0.15, 0.2) is 0 Å². The third-order valence-electron chi connectivity index (χ3n) is 5.23. The smallest absolute Gasteiger partial charge is 0.320 e. The van der Waals surface area contributed by atoms with Gasteiger partial charge in [-0.2, -0.15) is 0 Å². The lowest BCUT2D eigenvalue weighted by atomic mass is 9.75. The second kappa shape index (κ2) is 6.00. The average Bonchev–Trinajstić information content (AvgIpc) is 2.48. The number of nitrogens with one attached hydrogen (secondary N) is 1. The normalized spacial score (nSPS) is 37.7. The number of rotatable bonds is 2. The van der Waals surface area contributed by atoms with Gasteiger partial charge in [0.1, 0.15) is 6.04 Å². The molecule has 0 aromatic heterocycles. The highest BCUT2D eigenvalue weighted by atomic mass is 16.5. The average molecular weight is 283 g/mol. The van der Waals surface area contributed by atoms with Crippen LogP contribution in [0.25, 0.3) is 0 Å². The molecule has 0 bridgehead atoms. The number of hydrogen-bond donors (Lipinski definition) is 2. The van der Waals surface area contributed by atoms with Crippen molar-refractivity contribution >= 4 is 5.97 Å². The van der Waals surface area contributed by atoms with Crippen LogP contribution in [0.3, 0.4) is 0 Å². The summed E-state index contributed by atoms with van der Waals surface area (Å²) >= 11 is 0. The van der Waals surface area contributed by atoms with E-state index in [2.05, 4.69) is 5.32 Å². The highest BCUT2D eigenvalue weighted by Gasteiger charge is 2.42. The summed E-state index contributed by atoms with van der Waals surface area (Å²) in [5.41, 5.74) is -0.000978. The van der Waals surface area contributed by atoms with Gasteiger partial charge in [-0.05, 0) is 50.9 Å². The molecule has 0 radical (unpaired) electrons. The van der Waals surface area contributed by atoms with Crippen molar-refractivity contribution in [2.45, 2.75) is 62.6 Å². The molecule has 3 rings (SSSR count). The van der Waals surface area contributed by atoms with Crippen molar-refractivity contribution in [2.75, 3.05) is 19.8 Å². The van der Waals surface area contributed by atoms with E-state index < -0.39 is 5.97 Å². The molecule has 5 heteroatoms. The maximum absolute atomic E-state index is 11.2. The van der Waals surface area contributed by atoms with Crippen LogP contribution in [-0.4, -0.2) is 48.6 Å². The highest BCUT2D eigenvalue weighted by molar-refractivity contribution is 5.73. The van der Waals surface area contributed by atoms with E-state index in [4.69, 9.17) is 9.47 Å². The molecule has 0 aromatic rings. The van der Waals surface area contributed by atoms with E-state index in [0.29, 0.717) is 12.0 Å². The van der Waals surface area contributed by atoms with Crippen molar-refractivity contribution in [1.29, 1.82) is 0 Å². The lowest BCUT2D eigenvalue weighted by molar-refractivity contribution is -0.152. The predicted molar refractivity (Wildman–Crippen MR) is 73.7 cm³/mol. The summed E-state index contributed by atoms with van der Waals surface area (Å²) in [4.78, 5) is 11.2. The molecule has 3 unspecified atom stereocenters. The summed E-state index contributed by atoms with van der Waals surface area (Å²) in [6.45, 7) is 2.39. The quantitative estimate of drug-likeness (QED) is 0.805. The molecular formula is C15H25NO4. The number of carboxylic acid groups (broad SMARTS) is 1. The molecule has 3 aliphatic rings. The van der Waals surface area contributed by atoms with Gasteiger partial charge in [-0.3, -0.25) is 4.79 Å². The Hall–Kier alpha value is -0.650. The second-order valence-corrected chi connectivity index (χ2v) is 6.49. The van der Waals surface area contributed by atoms with Crippen molar-refractivity contribution in [1.82, 2.24) is 5.32 Å². The first-order valence-electron chi connectivity index (χ1n) is 7.89. The van der Waals surface area contributed by atoms with Crippen LogP contribution in [0.1, 0.15) is 44.9 Å². The fraction of sp³-hybridized carbons (Fsp3) is 0.933. The van der Waals surface area contributed by atoms with Crippen LogP contribution in [0, 0.1) is 5.92 Å². The minimum absolute atomic E-state index is 0.000978. The Labute approximate surface area is 120 Å².